The molecule has 8 heteroatoms. The summed E-state index contributed by atoms with van der Waals surface area (Å²) in [7, 11) is 2.17. The maximum atomic E-state index is 13.2. The number of piperazine rings is 1. The summed E-state index contributed by atoms with van der Waals surface area (Å²) in [5.74, 6) is 1.81. The average molecular weight is 550 g/mol. The molecule has 0 saturated carbocycles. The largest absolute Gasteiger partial charge is 0.437 e. The van der Waals surface area contributed by atoms with E-state index in [1.807, 2.05) is 60.0 Å². The van der Waals surface area contributed by atoms with Gasteiger partial charge in [-0.05, 0) is 72.4 Å². The van der Waals surface area contributed by atoms with Crippen LogP contribution in [0.1, 0.15) is 27.0 Å². The van der Waals surface area contributed by atoms with Crippen molar-refractivity contribution < 1.29 is 9.53 Å². The number of carbonyl (C=O) groups excluding carboxylic acids is 1. The highest BCUT2D eigenvalue weighted by molar-refractivity contribution is 7.17. The second-order valence-corrected chi connectivity index (χ2v) is 11.2. The summed E-state index contributed by atoms with van der Waals surface area (Å²) in [6.07, 6.45) is 3.75. The minimum atomic E-state index is 0.0917. The third-order valence-corrected chi connectivity index (χ3v) is 8.23. The zero-order valence-electron chi connectivity index (χ0n) is 22.7. The first-order valence-corrected chi connectivity index (χ1v) is 14.4. The van der Waals surface area contributed by atoms with Crippen molar-refractivity contribution in [3.05, 3.63) is 101 Å². The summed E-state index contributed by atoms with van der Waals surface area (Å²) in [5.41, 5.74) is 5.79. The first-order chi connectivity index (χ1) is 19.5. The lowest BCUT2D eigenvalue weighted by Gasteiger charge is -2.32. The van der Waals surface area contributed by atoms with Gasteiger partial charge in [0.05, 0.1) is 5.52 Å². The fraction of sp³-hybridized carbons (Fsp3) is 0.250. The minimum Gasteiger partial charge on any atom is -0.437 e. The third kappa shape index (κ3) is 5.94. The van der Waals surface area contributed by atoms with Gasteiger partial charge < -0.3 is 9.64 Å². The molecule has 1 saturated heterocycles. The van der Waals surface area contributed by atoms with Crippen LogP contribution in [-0.4, -0.2) is 63.8 Å². The maximum absolute atomic E-state index is 13.2. The Hall–Kier alpha value is -3.98. The van der Waals surface area contributed by atoms with Crippen LogP contribution < -0.4 is 4.74 Å². The summed E-state index contributed by atoms with van der Waals surface area (Å²) in [5, 5.41) is 1.98. The molecule has 1 aliphatic rings. The first kappa shape index (κ1) is 26.3. The van der Waals surface area contributed by atoms with Crippen LogP contribution in [0.5, 0.6) is 11.6 Å². The van der Waals surface area contributed by atoms with Gasteiger partial charge in [0, 0.05) is 62.7 Å². The van der Waals surface area contributed by atoms with Crippen molar-refractivity contribution in [1.82, 2.24) is 24.8 Å². The molecule has 0 unspecified atom stereocenters. The normalized spacial score (nSPS) is 14.4. The number of carbonyl (C=O) groups is 1. The summed E-state index contributed by atoms with van der Waals surface area (Å²) >= 11 is 1.54. The molecule has 0 radical (unpaired) electrons. The number of thiophene rings is 1. The number of likely N-dealkylation sites (N-methyl/N-ethyl adjacent to an activating group) is 1. The lowest BCUT2D eigenvalue weighted by atomic mass is 9.98. The van der Waals surface area contributed by atoms with Crippen LogP contribution in [0.4, 0.5) is 0 Å². The number of benzene rings is 2. The van der Waals surface area contributed by atoms with E-state index in [2.05, 4.69) is 39.8 Å². The molecule has 0 bridgehead atoms. The summed E-state index contributed by atoms with van der Waals surface area (Å²) in [4.78, 5) is 31.6. The highest BCUT2D eigenvalue weighted by Gasteiger charge is 2.17. The second-order valence-electron chi connectivity index (χ2n) is 10.3. The van der Waals surface area contributed by atoms with Gasteiger partial charge in [0.2, 0.25) is 5.88 Å². The van der Waals surface area contributed by atoms with Crippen molar-refractivity contribution >= 4 is 27.3 Å². The molecule has 202 valence electrons. The molecule has 3 aromatic heterocycles. The van der Waals surface area contributed by atoms with Crippen molar-refractivity contribution in [2.45, 2.75) is 19.9 Å². The molecule has 40 heavy (non-hydrogen) atoms. The molecule has 0 aliphatic carbocycles. The van der Waals surface area contributed by atoms with Crippen molar-refractivity contribution in [1.29, 1.82) is 0 Å². The Morgan fingerprint density at radius 2 is 1.80 bits per heavy atom. The second kappa shape index (κ2) is 11.6. The molecule has 6 rings (SSSR count). The van der Waals surface area contributed by atoms with Crippen LogP contribution in [0.3, 0.4) is 0 Å². The van der Waals surface area contributed by atoms with Gasteiger partial charge in [-0.2, -0.15) is 4.98 Å². The van der Waals surface area contributed by atoms with E-state index in [1.54, 1.807) is 23.7 Å². The molecular weight excluding hydrogens is 518 g/mol. The lowest BCUT2D eigenvalue weighted by molar-refractivity contribution is 0.0993. The fourth-order valence-corrected chi connectivity index (χ4v) is 5.70. The Morgan fingerprint density at radius 3 is 2.60 bits per heavy atom. The molecule has 5 aromatic rings. The number of Topliss-reactive ketones (excluding diaryl/α,β-unsaturated/α-hetero) is 1. The lowest BCUT2D eigenvalue weighted by Crippen LogP contribution is -2.43. The van der Waals surface area contributed by atoms with Gasteiger partial charge in [-0.25, -0.2) is 4.98 Å². The highest BCUT2D eigenvalue weighted by atomic mass is 32.1. The van der Waals surface area contributed by atoms with Gasteiger partial charge >= 0.3 is 0 Å². The van der Waals surface area contributed by atoms with Crippen LogP contribution >= 0.6 is 11.3 Å². The van der Waals surface area contributed by atoms with Crippen LogP contribution in [0.25, 0.3) is 21.6 Å². The Bertz CT molecular complexity index is 1640. The third-order valence-electron chi connectivity index (χ3n) is 7.34. The zero-order chi connectivity index (χ0) is 27.5. The van der Waals surface area contributed by atoms with E-state index in [0.717, 1.165) is 65.2 Å². The fourth-order valence-electron chi connectivity index (χ4n) is 4.95. The van der Waals surface area contributed by atoms with Crippen LogP contribution in [-0.2, 0) is 13.0 Å². The van der Waals surface area contributed by atoms with Crippen molar-refractivity contribution in [2.24, 2.45) is 0 Å². The van der Waals surface area contributed by atoms with Crippen molar-refractivity contribution in [3.63, 3.8) is 0 Å². The molecule has 0 atom stereocenters. The topological polar surface area (TPSA) is 71.4 Å². The molecule has 0 amide bonds. The van der Waals surface area contributed by atoms with Gasteiger partial charge in [-0.3, -0.25) is 14.7 Å². The van der Waals surface area contributed by atoms with E-state index in [0.29, 0.717) is 23.9 Å². The average Bonchev–Trinajstić information content (AvgIpc) is 3.45. The Kier molecular flexibility index (Phi) is 7.64. The number of ether oxygens (including phenoxy) is 1. The Morgan fingerprint density at radius 1 is 0.975 bits per heavy atom. The summed E-state index contributed by atoms with van der Waals surface area (Å²) in [6, 6.07) is 19.5. The Balaban J connectivity index is 1.17. The number of nitrogens with zero attached hydrogens (tertiary/aromatic N) is 5. The van der Waals surface area contributed by atoms with Crippen LogP contribution in [0.15, 0.2) is 78.4 Å². The molecular formula is C32H31N5O2S. The number of aryl methyl sites for hydroxylation is 1. The van der Waals surface area contributed by atoms with Gasteiger partial charge in [0.15, 0.2) is 11.6 Å². The predicted octanol–water partition coefficient (Wildman–Crippen LogP) is 6.03. The van der Waals surface area contributed by atoms with Gasteiger partial charge in [-0.15, -0.1) is 11.3 Å². The summed E-state index contributed by atoms with van der Waals surface area (Å²) < 4.78 is 7.16. The number of hydrogen-bond acceptors (Lipinski definition) is 8. The van der Waals surface area contributed by atoms with E-state index in [-0.39, 0.29) is 5.78 Å². The van der Waals surface area contributed by atoms with Crippen LogP contribution in [0.2, 0.25) is 0 Å². The number of rotatable bonds is 8. The maximum Gasteiger partial charge on any atom is 0.240 e. The quantitative estimate of drug-likeness (QED) is 0.219. The number of pyridine rings is 1. The highest BCUT2D eigenvalue weighted by Crippen LogP contribution is 2.33. The minimum absolute atomic E-state index is 0.0917. The molecule has 0 spiro atoms. The molecule has 0 N–H and O–H groups in total. The van der Waals surface area contributed by atoms with Gasteiger partial charge in [0.1, 0.15) is 10.4 Å². The van der Waals surface area contributed by atoms with Crippen molar-refractivity contribution in [3.8, 4) is 23.0 Å². The molecule has 2 aromatic carbocycles. The molecule has 4 heterocycles. The number of fused-ring (bicyclic) bond motifs is 1. The Labute approximate surface area is 238 Å². The zero-order valence-corrected chi connectivity index (χ0v) is 23.5. The van der Waals surface area contributed by atoms with E-state index in [9.17, 15) is 4.79 Å². The standard InChI is InChI=1S/C32H31N5O2S/c1-22-18-25(6-7-26(22)21-37-15-13-36(2)14-16-37)29(38)20-23-4-3-5-27(19-23)39-32-30-28(10-17-40-30)34-31(35-32)24-8-11-33-12-9-24/h3-12,17-19H,13-16,20-21H2,1-2H3. The predicted molar refractivity (Wildman–Crippen MR) is 159 cm³/mol. The number of aromatic nitrogens is 3. The number of ketones is 1. The van der Waals surface area contributed by atoms with E-state index in [4.69, 9.17) is 9.72 Å². The smallest absolute Gasteiger partial charge is 0.240 e. The molecule has 1 aliphatic heterocycles. The van der Waals surface area contributed by atoms with Gasteiger partial charge in [-0.1, -0.05) is 24.3 Å². The van der Waals surface area contributed by atoms with Crippen molar-refractivity contribution in [2.75, 3.05) is 33.2 Å². The monoisotopic (exact) mass is 549 g/mol. The molecule has 1 fully saturated rings. The molecule has 7 nitrogen and oxygen atoms in total. The van der Waals surface area contributed by atoms with E-state index >= 15 is 0 Å². The van der Waals surface area contributed by atoms with E-state index < -0.39 is 0 Å². The van der Waals surface area contributed by atoms with Crippen LogP contribution in [0, 0.1) is 6.92 Å². The summed E-state index contributed by atoms with van der Waals surface area (Å²) in [6.45, 7) is 7.38. The first-order valence-electron chi connectivity index (χ1n) is 13.5. The number of hydrogen-bond donors (Lipinski definition) is 0. The van der Waals surface area contributed by atoms with Gasteiger partial charge in [0.25, 0.3) is 0 Å². The van der Waals surface area contributed by atoms with E-state index in [1.165, 1.54) is 5.56 Å². The SMILES string of the molecule is Cc1cc(C(=O)Cc2cccc(Oc3nc(-c4ccncc4)nc4ccsc34)c2)ccc1CN1CCN(C)CC1.